The zero-order valence-corrected chi connectivity index (χ0v) is 11.6. The van der Waals surface area contributed by atoms with Crippen LogP contribution in [-0.4, -0.2) is 44.5 Å². The van der Waals surface area contributed by atoms with Crippen molar-refractivity contribution in [2.45, 2.75) is 6.23 Å². The molecule has 0 aliphatic carbocycles. The summed E-state index contributed by atoms with van der Waals surface area (Å²) >= 11 is 0. The van der Waals surface area contributed by atoms with Gasteiger partial charge in [0.15, 0.2) is 11.5 Å². The lowest BCUT2D eigenvalue weighted by atomic mass is 10.1. The van der Waals surface area contributed by atoms with Crippen LogP contribution in [0.2, 0.25) is 0 Å². The summed E-state index contributed by atoms with van der Waals surface area (Å²) in [5.41, 5.74) is 0.709. The van der Waals surface area contributed by atoms with E-state index in [1.54, 1.807) is 12.1 Å². The van der Waals surface area contributed by atoms with E-state index in [1.807, 2.05) is 0 Å². The van der Waals surface area contributed by atoms with Crippen LogP contribution < -0.4 is 20.1 Å². The number of ether oxygens (including phenoxy) is 3. The highest BCUT2D eigenvalue weighted by Gasteiger charge is 2.36. The first-order valence-corrected chi connectivity index (χ1v) is 6.23. The van der Waals surface area contributed by atoms with Crippen LogP contribution in [0.1, 0.15) is 22.1 Å². The summed E-state index contributed by atoms with van der Waals surface area (Å²) in [5.74, 6) is 0.0619. The first kappa shape index (κ1) is 14.9. The number of carbonyl (C=O) groups is 2. The van der Waals surface area contributed by atoms with E-state index in [4.69, 9.17) is 19.3 Å². The van der Waals surface area contributed by atoms with Crippen LogP contribution in [-0.2, 0) is 4.74 Å². The van der Waals surface area contributed by atoms with Gasteiger partial charge < -0.3 is 24.6 Å². The van der Waals surface area contributed by atoms with Gasteiger partial charge in [0.2, 0.25) is 6.23 Å². The number of rotatable bonds is 5. The predicted octanol–water partition coefficient (Wildman–Crippen LogP) is 0.164. The van der Waals surface area contributed by atoms with Gasteiger partial charge in [0.1, 0.15) is 5.56 Å². The highest BCUT2D eigenvalue weighted by Crippen LogP contribution is 2.40. The Kier molecular flexibility index (Phi) is 4.49. The summed E-state index contributed by atoms with van der Waals surface area (Å²) in [6.07, 6.45) is -0.911. The summed E-state index contributed by atoms with van der Waals surface area (Å²) in [7, 11) is 2.88. The summed E-state index contributed by atoms with van der Waals surface area (Å²) in [4.78, 5) is 23.5. The summed E-state index contributed by atoms with van der Waals surface area (Å²) < 4.78 is 15.4. The van der Waals surface area contributed by atoms with Gasteiger partial charge in [-0.15, -0.1) is 0 Å². The number of urea groups is 1. The Bertz CT molecular complexity index is 560. The Morgan fingerprint density at radius 1 is 1.38 bits per heavy atom. The smallest absolute Gasteiger partial charge is 0.344 e. The topological polar surface area (TPSA) is 106 Å². The molecule has 1 aliphatic rings. The second-order valence-corrected chi connectivity index (χ2v) is 4.17. The number of fused-ring (bicyclic) bond motifs is 1. The van der Waals surface area contributed by atoms with Gasteiger partial charge in [-0.05, 0) is 12.1 Å². The van der Waals surface area contributed by atoms with Crippen molar-refractivity contribution in [3.8, 4) is 11.5 Å². The normalized spacial score (nSPS) is 16.0. The maximum atomic E-state index is 11.9. The second-order valence-electron chi connectivity index (χ2n) is 4.17. The Balaban J connectivity index is 2.26. The van der Waals surface area contributed by atoms with E-state index < -0.39 is 18.2 Å². The molecular formula is C13H16N2O6. The third-order valence-corrected chi connectivity index (χ3v) is 2.95. The minimum absolute atomic E-state index is 0.102. The SMILES string of the molecule is COc1ccc2c(c1OC)C(=O)O[C@H]2NC(=O)NCCO. The molecule has 1 aromatic rings. The lowest BCUT2D eigenvalue weighted by molar-refractivity contribution is 0.0335. The van der Waals surface area contributed by atoms with Gasteiger partial charge >= 0.3 is 12.0 Å². The molecule has 1 heterocycles. The maximum absolute atomic E-state index is 11.9. The van der Waals surface area contributed by atoms with Gasteiger partial charge in [0, 0.05) is 12.1 Å². The van der Waals surface area contributed by atoms with Crippen LogP contribution in [0.25, 0.3) is 0 Å². The van der Waals surface area contributed by atoms with Crippen molar-refractivity contribution in [2.75, 3.05) is 27.4 Å². The molecule has 21 heavy (non-hydrogen) atoms. The number of carbonyl (C=O) groups excluding carboxylic acids is 2. The molecule has 2 amide bonds. The van der Waals surface area contributed by atoms with Crippen LogP contribution >= 0.6 is 0 Å². The Hall–Kier alpha value is -2.48. The summed E-state index contributed by atoms with van der Waals surface area (Å²) in [6, 6.07) is 2.70. The molecule has 1 aromatic carbocycles. The van der Waals surface area contributed by atoms with E-state index in [9.17, 15) is 9.59 Å². The minimum Gasteiger partial charge on any atom is -0.493 e. The van der Waals surface area contributed by atoms with E-state index in [2.05, 4.69) is 10.6 Å². The molecule has 0 saturated carbocycles. The molecule has 8 heteroatoms. The van der Waals surface area contributed by atoms with Gasteiger partial charge in [0.05, 0.1) is 20.8 Å². The fraction of sp³-hybridized carbons (Fsp3) is 0.385. The molecular weight excluding hydrogens is 280 g/mol. The van der Waals surface area contributed by atoms with E-state index >= 15 is 0 Å². The first-order valence-electron chi connectivity index (χ1n) is 6.23. The number of hydrogen-bond acceptors (Lipinski definition) is 6. The molecule has 2 rings (SSSR count). The number of nitrogens with one attached hydrogen (secondary N) is 2. The van der Waals surface area contributed by atoms with E-state index in [1.165, 1.54) is 14.2 Å². The van der Waals surface area contributed by atoms with Crippen molar-refractivity contribution in [1.82, 2.24) is 10.6 Å². The van der Waals surface area contributed by atoms with E-state index in [0.717, 1.165) is 0 Å². The molecule has 0 spiro atoms. The molecule has 0 fully saturated rings. The standard InChI is InChI=1S/C13H16N2O6/c1-19-8-4-3-7-9(10(8)20-2)12(17)21-11(7)15-13(18)14-5-6-16/h3-4,11,16H,5-6H2,1-2H3,(H2,14,15,18)/t11-/m1/s1. The molecule has 0 unspecified atom stereocenters. The molecule has 1 atom stereocenters. The molecule has 0 bridgehead atoms. The fourth-order valence-corrected chi connectivity index (χ4v) is 2.05. The van der Waals surface area contributed by atoms with Crippen LogP contribution in [0.15, 0.2) is 12.1 Å². The van der Waals surface area contributed by atoms with Gasteiger partial charge in [-0.3, -0.25) is 5.32 Å². The number of esters is 1. The number of aliphatic hydroxyl groups is 1. The Morgan fingerprint density at radius 2 is 2.14 bits per heavy atom. The van der Waals surface area contributed by atoms with Gasteiger partial charge in [0.25, 0.3) is 0 Å². The summed E-state index contributed by atoms with van der Waals surface area (Å²) in [6.45, 7) is -0.0786. The molecule has 0 radical (unpaired) electrons. The van der Waals surface area contributed by atoms with Crippen LogP contribution in [0.5, 0.6) is 11.5 Å². The number of cyclic esters (lactones) is 1. The minimum atomic E-state index is -0.911. The average Bonchev–Trinajstić information content (AvgIpc) is 2.80. The van der Waals surface area contributed by atoms with Gasteiger partial charge in [-0.1, -0.05) is 0 Å². The first-order chi connectivity index (χ1) is 10.1. The van der Waals surface area contributed by atoms with Gasteiger partial charge in [-0.25, -0.2) is 9.59 Å². The van der Waals surface area contributed by atoms with Crippen molar-refractivity contribution in [1.29, 1.82) is 0 Å². The number of amides is 2. The number of hydrogen-bond donors (Lipinski definition) is 3. The largest absolute Gasteiger partial charge is 0.493 e. The van der Waals surface area contributed by atoms with Crippen molar-refractivity contribution >= 4 is 12.0 Å². The molecule has 3 N–H and O–H groups in total. The van der Waals surface area contributed by atoms with E-state index in [-0.39, 0.29) is 24.5 Å². The third-order valence-electron chi connectivity index (χ3n) is 2.95. The van der Waals surface area contributed by atoms with E-state index in [0.29, 0.717) is 11.3 Å². The van der Waals surface area contributed by atoms with Crippen LogP contribution in [0.4, 0.5) is 4.79 Å². The average molecular weight is 296 g/mol. The lowest BCUT2D eigenvalue weighted by Gasteiger charge is -2.14. The molecule has 0 saturated heterocycles. The zero-order valence-electron chi connectivity index (χ0n) is 11.6. The second kappa shape index (κ2) is 6.31. The number of benzene rings is 1. The van der Waals surface area contributed by atoms with Crippen molar-refractivity contribution < 1.29 is 28.9 Å². The molecule has 114 valence electrons. The lowest BCUT2D eigenvalue weighted by Crippen LogP contribution is -2.39. The molecule has 8 nitrogen and oxygen atoms in total. The summed E-state index contributed by atoms with van der Waals surface area (Å²) in [5, 5.41) is 13.5. The monoisotopic (exact) mass is 296 g/mol. The number of aliphatic hydroxyl groups excluding tert-OH is 1. The highest BCUT2D eigenvalue weighted by atomic mass is 16.6. The molecule has 0 aromatic heterocycles. The zero-order chi connectivity index (χ0) is 15.4. The maximum Gasteiger partial charge on any atom is 0.344 e. The van der Waals surface area contributed by atoms with Crippen LogP contribution in [0.3, 0.4) is 0 Å². The van der Waals surface area contributed by atoms with Gasteiger partial charge in [-0.2, -0.15) is 0 Å². The van der Waals surface area contributed by atoms with Crippen molar-refractivity contribution in [3.63, 3.8) is 0 Å². The Morgan fingerprint density at radius 3 is 2.76 bits per heavy atom. The van der Waals surface area contributed by atoms with Crippen molar-refractivity contribution in [2.24, 2.45) is 0 Å². The third kappa shape index (κ3) is 2.84. The Labute approximate surface area is 121 Å². The predicted molar refractivity (Wildman–Crippen MR) is 71.3 cm³/mol. The van der Waals surface area contributed by atoms with Crippen LogP contribution in [0, 0.1) is 0 Å². The fourth-order valence-electron chi connectivity index (χ4n) is 2.05. The highest BCUT2D eigenvalue weighted by molar-refractivity contribution is 5.98. The molecule has 1 aliphatic heterocycles. The quantitative estimate of drug-likeness (QED) is 0.669. The number of methoxy groups -OCH3 is 2. The van der Waals surface area contributed by atoms with Crippen molar-refractivity contribution in [3.05, 3.63) is 23.3 Å².